The molecule has 0 spiro atoms. The molecular weight excluding hydrogens is 813 g/mol. The quantitative estimate of drug-likeness (QED) is 0.0346. The van der Waals surface area contributed by atoms with Crippen LogP contribution in [0.5, 0.6) is 0 Å². The normalized spacial score (nSPS) is 12.7. The van der Waals surface area contributed by atoms with Crippen molar-refractivity contribution in [3.63, 3.8) is 0 Å². The Morgan fingerprint density at radius 1 is 0.333 bits per heavy atom. The third kappa shape index (κ3) is 54.0. The summed E-state index contributed by atoms with van der Waals surface area (Å²) in [5.74, 6) is -0.419. The highest BCUT2D eigenvalue weighted by Crippen LogP contribution is 2.14. The van der Waals surface area contributed by atoms with E-state index in [0.29, 0.717) is 19.4 Å². The molecule has 0 bridgehead atoms. The molecule has 0 amide bonds. The lowest BCUT2D eigenvalue weighted by Gasteiger charge is -2.18. The number of carbonyl (C=O) groups excluding carboxylic acids is 2. The van der Waals surface area contributed by atoms with Crippen LogP contribution in [0, 0.1) is 0 Å². The minimum atomic E-state index is -0.551. The summed E-state index contributed by atoms with van der Waals surface area (Å²) in [6.07, 6.45) is 73.4. The van der Waals surface area contributed by atoms with E-state index in [-0.39, 0.29) is 25.2 Å². The third-order valence-electron chi connectivity index (χ3n) is 12.2. The molecule has 382 valence electrons. The second-order valence-corrected chi connectivity index (χ2v) is 18.8. The summed E-state index contributed by atoms with van der Waals surface area (Å²) in [6, 6.07) is 0. The molecule has 0 rings (SSSR count). The smallest absolute Gasteiger partial charge is 0.306 e. The second kappa shape index (κ2) is 56.7. The molecule has 0 aliphatic rings. The monoisotopic (exact) mass is 921 g/mol. The van der Waals surface area contributed by atoms with Crippen LogP contribution in [0.4, 0.5) is 0 Å². The lowest BCUT2D eigenvalue weighted by Crippen LogP contribution is -2.30. The SMILES string of the molecule is CCCCC/C=C\C/C=C\C/C=C\CCCCCCCCC(=O)OCC(COCCCCCCCCCC/C=C\C/C=C\CCCCC)OC(=O)CCCCCCC/C=C\CCCCCC. The van der Waals surface area contributed by atoms with E-state index >= 15 is 0 Å². The van der Waals surface area contributed by atoms with E-state index in [1.165, 1.54) is 161 Å². The molecule has 0 aliphatic heterocycles. The second-order valence-electron chi connectivity index (χ2n) is 18.8. The van der Waals surface area contributed by atoms with E-state index in [0.717, 1.165) is 83.5 Å². The number of esters is 2. The summed E-state index contributed by atoms with van der Waals surface area (Å²) < 4.78 is 17.4. The highest BCUT2D eigenvalue weighted by molar-refractivity contribution is 5.70. The molecule has 5 nitrogen and oxygen atoms in total. The van der Waals surface area contributed by atoms with E-state index in [4.69, 9.17) is 14.2 Å². The summed E-state index contributed by atoms with van der Waals surface area (Å²) in [5, 5.41) is 0. The average Bonchev–Trinajstić information content (AvgIpc) is 3.32. The molecule has 0 heterocycles. The van der Waals surface area contributed by atoms with Crippen molar-refractivity contribution in [1.29, 1.82) is 0 Å². The molecule has 0 radical (unpaired) electrons. The lowest BCUT2D eigenvalue weighted by molar-refractivity contribution is -0.163. The Kier molecular flexibility index (Phi) is 54.4. The fraction of sp³-hybridized carbons (Fsp3) is 0.770. The van der Waals surface area contributed by atoms with Crippen molar-refractivity contribution in [2.24, 2.45) is 0 Å². The van der Waals surface area contributed by atoms with E-state index in [1.807, 2.05) is 0 Å². The van der Waals surface area contributed by atoms with Gasteiger partial charge in [-0.1, -0.05) is 222 Å². The zero-order valence-corrected chi connectivity index (χ0v) is 44.0. The molecule has 0 N–H and O–H groups in total. The maximum Gasteiger partial charge on any atom is 0.306 e. The molecule has 0 saturated carbocycles. The first-order valence-corrected chi connectivity index (χ1v) is 28.5. The van der Waals surface area contributed by atoms with Gasteiger partial charge in [0.15, 0.2) is 6.10 Å². The van der Waals surface area contributed by atoms with Crippen molar-refractivity contribution in [2.75, 3.05) is 19.8 Å². The average molecular weight is 922 g/mol. The van der Waals surface area contributed by atoms with Crippen LogP contribution in [-0.4, -0.2) is 37.9 Å². The van der Waals surface area contributed by atoms with Gasteiger partial charge in [-0.25, -0.2) is 0 Å². The minimum absolute atomic E-state index is 0.0716. The van der Waals surface area contributed by atoms with Gasteiger partial charge in [0.1, 0.15) is 6.61 Å². The number of allylic oxidation sites excluding steroid dienone is 12. The van der Waals surface area contributed by atoms with Gasteiger partial charge in [-0.15, -0.1) is 0 Å². The van der Waals surface area contributed by atoms with Gasteiger partial charge in [-0.2, -0.15) is 0 Å². The Bertz CT molecular complexity index is 1180. The molecule has 0 aliphatic carbocycles. The summed E-state index contributed by atoms with van der Waals surface area (Å²) in [4.78, 5) is 25.5. The van der Waals surface area contributed by atoms with Crippen LogP contribution in [0.3, 0.4) is 0 Å². The predicted octanol–water partition coefficient (Wildman–Crippen LogP) is 19.5. The third-order valence-corrected chi connectivity index (χ3v) is 12.2. The highest BCUT2D eigenvalue weighted by atomic mass is 16.6. The van der Waals surface area contributed by atoms with Crippen LogP contribution < -0.4 is 0 Å². The standard InChI is InChI=1S/C61H108O5/c1-4-7-10-13-16-19-22-25-27-29-31-32-34-37-39-42-45-48-51-54-60(62)65-58-59(66-61(63)55-52-49-46-43-40-36-24-21-18-15-12-9-6-3)57-64-56-53-50-47-44-41-38-35-33-30-28-26-23-20-17-14-11-8-5-2/h16-17,19-21,24-28,31-32,59H,4-15,18,22-23,29-30,33-58H2,1-3H3/b19-16-,20-17-,24-21-,27-25-,28-26-,32-31-. The summed E-state index contributed by atoms with van der Waals surface area (Å²) in [6.45, 7) is 7.75. The molecule has 0 saturated heterocycles. The van der Waals surface area contributed by atoms with Gasteiger partial charge < -0.3 is 14.2 Å². The number of hydrogen-bond donors (Lipinski definition) is 0. The van der Waals surface area contributed by atoms with E-state index in [2.05, 4.69) is 93.7 Å². The number of hydrogen-bond acceptors (Lipinski definition) is 5. The molecule has 1 atom stereocenters. The zero-order chi connectivity index (χ0) is 47.7. The van der Waals surface area contributed by atoms with Crippen molar-refractivity contribution in [3.8, 4) is 0 Å². The van der Waals surface area contributed by atoms with E-state index in [1.54, 1.807) is 0 Å². The molecule has 5 heteroatoms. The zero-order valence-electron chi connectivity index (χ0n) is 44.0. The fourth-order valence-electron chi connectivity index (χ4n) is 7.89. The Hall–Kier alpha value is -2.66. The van der Waals surface area contributed by atoms with Gasteiger partial charge in [0.05, 0.1) is 6.61 Å². The predicted molar refractivity (Wildman–Crippen MR) is 288 cm³/mol. The van der Waals surface area contributed by atoms with Gasteiger partial charge in [0.25, 0.3) is 0 Å². The first kappa shape index (κ1) is 63.3. The highest BCUT2D eigenvalue weighted by Gasteiger charge is 2.17. The first-order chi connectivity index (χ1) is 32.6. The Balaban J connectivity index is 4.29. The van der Waals surface area contributed by atoms with E-state index < -0.39 is 6.10 Å². The van der Waals surface area contributed by atoms with E-state index in [9.17, 15) is 9.59 Å². The maximum absolute atomic E-state index is 12.8. The van der Waals surface area contributed by atoms with Crippen LogP contribution >= 0.6 is 0 Å². The molecule has 66 heavy (non-hydrogen) atoms. The molecule has 0 aromatic carbocycles. The van der Waals surface area contributed by atoms with Crippen molar-refractivity contribution in [1.82, 2.24) is 0 Å². The van der Waals surface area contributed by atoms with Crippen molar-refractivity contribution in [2.45, 2.75) is 284 Å². The Morgan fingerprint density at radius 3 is 1.06 bits per heavy atom. The van der Waals surface area contributed by atoms with Gasteiger partial charge in [0, 0.05) is 19.4 Å². The van der Waals surface area contributed by atoms with Crippen LogP contribution in [0.1, 0.15) is 278 Å². The lowest BCUT2D eigenvalue weighted by atomic mass is 10.1. The maximum atomic E-state index is 12.8. The van der Waals surface area contributed by atoms with Crippen molar-refractivity contribution >= 4 is 11.9 Å². The summed E-state index contributed by atoms with van der Waals surface area (Å²) >= 11 is 0. The molecule has 0 aromatic rings. The number of unbranched alkanes of at least 4 members (excludes halogenated alkanes) is 29. The van der Waals surface area contributed by atoms with Gasteiger partial charge in [-0.3, -0.25) is 9.59 Å². The van der Waals surface area contributed by atoms with Crippen molar-refractivity contribution in [3.05, 3.63) is 72.9 Å². The first-order valence-electron chi connectivity index (χ1n) is 28.5. The number of ether oxygens (including phenoxy) is 3. The number of carbonyl (C=O) groups is 2. The topological polar surface area (TPSA) is 61.8 Å². The Morgan fingerprint density at radius 2 is 0.636 bits per heavy atom. The molecule has 0 fully saturated rings. The van der Waals surface area contributed by atoms with Crippen LogP contribution in [0.25, 0.3) is 0 Å². The van der Waals surface area contributed by atoms with Gasteiger partial charge in [-0.05, 0) is 116 Å². The minimum Gasteiger partial charge on any atom is -0.462 e. The van der Waals surface area contributed by atoms with Gasteiger partial charge >= 0.3 is 11.9 Å². The molecule has 1 unspecified atom stereocenters. The molecular formula is C61H108O5. The summed E-state index contributed by atoms with van der Waals surface area (Å²) in [5.41, 5.74) is 0. The summed E-state index contributed by atoms with van der Waals surface area (Å²) in [7, 11) is 0. The largest absolute Gasteiger partial charge is 0.462 e. The van der Waals surface area contributed by atoms with Crippen LogP contribution in [0.15, 0.2) is 72.9 Å². The van der Waals surface area contributed by atoms with Crippen LogP contribution in [-0.2, 0) is 23.8 Å². The van der Waals surface area contributed by atoms with Crippen LogP contribution in [0.2, 0.25) is 0 Å². The Labute approximate surface area is 410 Å². The fourth-order valence-corrected chi connectivity index (χ4v) is 7.89. The van der Waals surface area contributed by atoms with Crippen molar-refractivity contribution < 1.29 is 23.8 Å². The number of rotatable bonds is 52. The van der Waals surface area contributed by atoms with Gasteiger partial charge in [0.2, 0.25) is 0 Å². The molecule has 0 aromatic heterocycles.